The Bertz CT molecular complexity index is 691. The number of nitrogens with two attached hydrogens (primary N) is 1. The van der Waals surface area contributed by atoms with Gasteiger partial charge in [0.05, 0.1) is 17.3 Å². The van der Waals surface area contributed by atoms with Crippen molar-refractivity contribution in [3.8, 4) is 0 Å². The molecule has 6 nitrogen and oxygen atoms in total. The van der Waals surface area contributed by atoms with Crippen LogP contribution in [0.5, 0.6) is 0 Å². The fourth-order valence-electron chi connectivity index (χ4n) is 2.69. The van der Waals surface area contributed by atoms with E-state index in [1.165, 1.54) is 12.4 Å². The van der Waals surface area contributed by atoms with Gasteiger partial charge in [0.1, 0.15) is 18.5 Å². The molecule has 0 bridgehead atoms. The molecule has 2 N–H and O–H groups in total. The van der Waals surface area contributed by atoms with Gasteiger partial charge in [0.15, 0.2) is 0 Å². The normalized spacial score (nSPS) is 18.5. The number of carbonyl (C=O) groups is 1. The van der Waals surface area contributed by atoms with Gasteiger partial charge in [-0.15, -0.1) is 0 Å². The Balaban J connectivity index is 1.83. The first-order valence-electron chi connectivity index (χ1n) is 6.94. The molecule has 1 unspecified atom stereocenters. The molecule has 0 aliphatic carbocycles. The molecule has 2 heterocycles. The van der Waals surface area contributed by atoms with Crippen LogP contribution in [0.1, 0.15) is 29.2 Å². The highest BCUT2D eigenvalue weighted by molar-refractivity contribution is 6.31. The average Bonchev–Trinajstić information content (AvgIpc) is 3.05. The van der Waals surface area contributed by atoms with Gasteiger partial charge in [-0.25, -0.2) is 14.1 Å². The van der Waals surface area contributed by atoms with Gasteiger partial charge in [0, 0.05) is 18.1 Å². The molecule has 1 amide bonds. The van der Waals surface area contributed by atoms with Gasteiger partial charge in [-0.1, -0.05) is 11.6 Å². The lowest BCUT2D eigenvalue weighted by Crippen LogP contribution is -2.41. The van der Waals surface area contributed by atoms with E-state index < -0.39 is 5.82 Å². The third-order valence-electron chi connectivity index (χ3n) is 3.82. The summed E-state index contributed by atoms with van der Waals surface area (Å²) in [6, 6.07) is 2.56. The number of carbonyl (C=O) groups excluding carboxylic acids is 1. The van der Waals surface area contributed by atoms with Crippen LogP contribution in [0.15, 0.2) is 24.8 Å². The topological polar surface area (TPSA) is 77.0 Å². The van der Waals surface area contributed by atoms with Crippen LogP contribution in [0.3, 0.4) is 0 Å². The van der Waals surface area contributed by atoms with Crippen molar-refractivity contribution in [2.45, 2.75) is 18.9 Å². The number of benzene rings is 1. The molecule has 1 aliphatic heterocycles. The molecule has 1 aliphatic rings. The number of nitrogens with zero attached hydrogens (tertiary/aromatic N) is 4. The summed E-state index contributed by atoms with van der Waals surface area (Å²) in [6.07, 6.45) is 4.84. The Labute approximate surface area is 131 Å². The molecule has 0 spiro atoms. The summed E-state index contributed by atoms with van der Waals surface area (Å²) in [5.74, 6) is -0.996. The van der Waals surface area contributed by atoms with Crippen molar-refractivity contribution in [2.24, 2.45) is 0 Å². The van der Waals surface area contributed by atoms with Gasteiger partial charge < -0.3 is 10.6 Å². The second kappa shape index (κ2) is 5.92. The molecule has 116 valence electrons. The number of amides is 1. The Hall–Kier alpha value is -2.15. The first-order valence-corrected chi connectivity index (χ1v) is 7.32. The number of nitrogen functional groups attached to an aromatic ring is 1. The largest absolute Gasteiger partial charge is 0.396 e. The van der Waals surface area contributed by atoms with Gasteiger partial charge in [0.2, 0.25) is 0 Å². The van der Waals surface area contributed by atoms with Gasteiger partial charge in [-0.05, 0) is 25.0 Å². The average molecular weight is 324 g/mol. The number of piperidine rings is 1. The van der Waals surface area contributed by atoms with Gasteiger partial charge in [0.25, 0.3) is 5.91 Å². The van der Waals surface area contributed by atoms with Crippen molar-refractivity contribution in [2.75, 3.05) is 18.8 Å². The maximum Gasteiger partial charge on any atom is 0.256 e. The van der Waals surface area contributed by atoms with Crippen LogP contribution >= 0.6 is 11.6 Å². The third-order valence-corrected chi connectivity index (χ3v) is 4.04. The molecular formula is C14H15ClFN5O. The van der Waals surface area contributed by atoms with Crippen LogP contribution in [0.2, 0.25) is 5.02 Å². The number of aromatic nitrogens is 3. The lowest BCUT2D eigenvalue weighted by molar-refractivity contribution is 0.0673. The summed E-state index contributed by atoms with van der Waals surface area (Å²) >= 11 is 5.83. The Morgan fingerprint density at radius 1 is 1.45 bits per heavy atom. The summed E-state index contributed by atoms with van der Waals surface area (Å²) in [5.41, 5.74) is 5.61. The Morgan fingerprint density at radius 2 is 2.27 bits per heavy atom. The lowest BCUT2D eigenvalue weighted by Gasteiger charge is -2.33. The number of hydrogen-bond donors (Lipinski definition) is 1. The molecule has 1 atom stereocenters. The second-order valence-corrected chi connectivity index (χ2v) is 5.71. The molecule has 8 heteroatoms. The van der Waals surface area contributed by atoms with Crippen LogP contribution in [0.25, 0.3) is 0 Å². The molecule has 22 heavy (non-hydrogen) atoms. The molecule has 0 radical (unpaired) electrons. The molecule has 1 aromatic carbocycles. The summed E-state index contributed by atoms with van der Waals surface area (Å²) < 4.78 is 15.4. The summed E-state index contributed by atoms with van der Waals surface area (Å²) in [6.45, 7) is 1.08. The SMILES string of the molecule is Nc1c(F)cc(Cl)cc1C(=O)N1CCCC(n2cncn2)C1. The molecular weight excluding hydrogens is 309 g/mol. The third kappa shape index (κ3) is 2.76. The Kier molecular flexibility index (Phi) is 3.98. The van der Waals surface area contributed by atoms with E-state index in [2.05, 4.69) is 10.1 Å². The van der Waals surface area contributed by atoms with E-state index in [1.54, 1.807) is 15.9 Å². The van der Waals surface area contributed by atoms with Crippen molar-refractivity contribution >= 4 is 23.2 Å². The van der Waals surface area contributed by atoms with E-state index >= 15 is 0 Å². The zero-order valence-corrected chi connectivity index (χ0v) is 12.5. The molecule has 1 fully saturated rings. The smallest absolute Gasteiger partial charge is 0.256 e. The summed E-state index contributed by atoms with van der Waals surface area (Å²) in [5, 5.41) is 4.27. The number of likely N-dealkylation sites (tertiary alicyclic amines) is 1. The monoisotopic (exact) mass is 323 g/mol. The molecule has 0 saturated carbocycles. The van der Waals surface area contributed by atoms with E-state index in [-0.39, 0.29) is 28.2 Å². The summed E-state index contributed by atoms with van der Waals surface area (Å²) in [7, 11) is 0. The predicted octanol–water partition coefficient (Wildman–Crippen LogP) is 2.13. The number of anilines is 1. The highest BCUT2D eigenvalue weighted by atomic mass is 35.5. The minimum atomic E-state index is -0.680. The fraction of sp³-hybridized carbons (Fsp3) is 0.357. The van der Waals surface area contributed by atoms with Crippen LogP contribution < -0.4 is 5.73 Å². The van der Waals surface area contributed by atoms with Crippen molar-refractivity contribution in [1.29, 1.82) is 0 Å². The molecule has 1 saturated heterocycles. The summed E-state index contributed by atoms with van der Waals surface area (Å²) in [4.78, 5) is 18.2. The van der Waals surface area contributed by atoms with Gasteiger partial charge in [-0.3, -0.25) is 4.79 Å². The fourth-order valence-corrected chi connectivity index (χ4v) is 2.90. The zero-order valence-electron chi connectivity index (χ0n) is 11.7. The molecule has 1 aromatic heterocycles. The van der Waals surface area contributed by atoms with Gasteiger partial charge >= 0.3 is 0 Å². The highest BCUT2D eigenvalue weighted by Gasteiger charge is 2.27. The number of hydrogen-bond acceptors (Lipinski definition) is 4. The number of halogens is 2. The van der Waals surface area contributed by atoms with Crippen LogP contribution in [-0.4, -0.2) is 38.7 Å². The first-order chi connectivity index (χ1) is 10.6. The first kappa shape index (κ1) is 14.8. The van der Waals surface area contributed by atoms with Crippen LogP contribution in [0.4, 0.5) is 10.1 Å². The standard InChI is InChI=1S/C14H15ClFN5O/c15-9-4-11(13(17)12(16)5-9)14(22)20-3-1-2-10(6-20)21-8-18-7-19-21/h4-5,7-8,10H,1-3,6,17H2. The minimum Gasteiger partial charge on any atom is -0.396 e. The predicted molar refractivity (Wildman–Crippen MR) is 80.0 cm³/mol. The maximum absolute atomic E-state index is 13.7. The van der Waals surface area contributed by atoms with Crippen LogP contribution in [0, 0.1) is 5.82 Å². The zero-order chi connectivity index (χ0) is 15.7. The van der Waals surface area contributed by atoms with Crippen LogP contribution in [-0.2, 0) is 0 Å². The van der Waals surface area contributed by atoms with Crippen molar-refractivity contribution in [3.05, 3.63) is 41.2 Å². The highest BCUT2D eigenvalue weighted by Crippen LogP contribution is 2.26. The van der Waals surface area contributed by atoms with Crippen molar-refractivity contribution in [1.82, 2.24) is 19.7 Å². The van der Waals surface area contributed by atoms with Gasteiger partial charge in [-0.2, -0.15) is 5.10 Å². The molecule has 2 aromatic rings. The van der Waals surface area contributed by atoms with E-state index in [1.807, 2.05) is 0 Å². The van der Waals surface area contributed by atoms with E-state index in [9.17, 15) is 9.18 Å². The minimum absolute atomic E-state index is 0.0606. The van der Waals surface area contributed by atoms with E-state index in [0.29, 0.717) is 13.1 Å². The second-order valence-electron chi connectivity index (χ2n) is 5.27. The lowest BCUT2D eigenvalue weighted by atomic mass is 10.0. The van der Waals surface area contributed by atoms with E-state index in [4.69, 9.17) is 17.3 Å². The molecule has 3 rings (SSSR count). The van der Waals surface area contributed by atoms with Crippen molar-refractivity contribution in [3.63, 3.8) is 0 Å². The number of rotatable bonds is 2. The Morgan fingerprint density at radius 3 is 3.00 bits per heavy atom. The van der Waals surface area contributed by atoms with E-state index in [0.717, 1.165) is 18.9 Å². The maximum atomic E-state index is 13.7. The quantitative estimate of drug-likeness (QED) is 0.859. The van der Waals surface area contributed by atoms with Crippen molar-refractivity contribution < 1.29 is 9.18 Å².